The molecule has 0 bridgehead atoms. The number of rotatable bonds is 4. The lowest BCUT2D eigenvalue weighted by atomic mass is 10.1. The van der Waals surface area contributed by atoms with Crippen molar-refractivity contribution >= 4 is 10.2 Å². The Labute approximate surface area is 98.8 Å². The first-order chi connectivity index (χ1) is 7.43. The van der Waals surface area contributed by atoms with E-state index in [4.69, 9.17) is 0 Å². The van der Waals surface area contributed by atoms with Crippen molar-refractivity contribution in [2.75, 3.05) is 20.1 Å². The highest BCUT2D eigenvalue weighted by Gasteiger charge is 2.24. The van der Waals surface area contributed by atoms with E-state index in [2.05, 4.69) is 10.0 Å². The SMILES string of the molecule is CC(C)N(C)S(=O)(=O)NC1CCCNCC1. The summed E-state index contributed by atoms with van der Waals surface area (Å²) in [4.78, 5) is 0. The average Bonchev–Trinajstić information content (AvgIpc) is 2.44. The Morgan fingerprint density at radius 3 is 2.62 bits per heavy atom. The first-order valence-corrected chi connectivity index (χ1v) is 7.33. The van der Waals surface area contributed by atoms with E-state index >= 15 is 0 Å². The van der Waals surface area contributed by atoms with Crippen LogP contribution in [0.15, 0.2) is 0 Å². The van der Waals surface area contributed by atoms with Gasteiger partial charge in [-0.15, -0.1) is 0 Å². The van der Waals surface area contributed by atoms with E-state index in [-0.39, 0.29) is 12.1 Å². The summed E-state index contributed by atoms with van der Waals surface area (Å²) in [5.41, 5.74) is 0. The van der Waals surface area contributed by atoms with Gasteiger partial charge in [-0.3, -0.25) is 0 Å². The summed E-state index contributed by atoms with van der Waals surface area (Å²) in [7, 11) is -1.71. The van der Waals surface area contributed by atoms with Crippen LogP contribution >= 0.6 is 0 Å². The van der Waals surface area contributed by atoms with Gasteiger partial charge in [0.15, 0.2) is 0 Å². The van der Waals surface area contributed by atoms with Crippen LogP contribution in [-0.2, 0) is 10.2 Å². The van der Waals surface area contributed by atoms with Crippen LogP contribution in [0.3, 0.4) is 0 Å². The monoisotopic (exact) mass is 249 g/mol. The van der Waals surface area contributed by atoms with Gasteiger partial charge < -0.3 is 5.32 Å². The fourth-order valence-electron chi connectivity index (χ4n) is 1.71. The van der Waals surface area contributed by atoms with Crippen LogP contribution < -0.4 is 10.0 Å². The van der Waals surface area contributed by atoms with Gasteiger partial charge in [-0.25, -0.2) is 0 Å². The van der Waals surface area contributed by atoms with Crippen LogP contribution in [0.2, 0.25) is 0 Å². The molecule has 2 N–H and O–H groups in total. The molecule has 1 saturated heterocycles. The molecule has 0 saturated carbocycles. The molecule has 6 heteroatoms. The van der Waals surface area contributed by atoms with E-state index in [0.717, 1.165) is 32.4 Å². The molecule has 5 nitrogen and oxygen atoms in total. The molecule has 0 radical (unpaired) electrons. The molecule has 1 heterocycles. The zero-order valence-electron chi connectivity index (χ0n) is 10.4. The molecule has 0 spiro atoms. The summed E-state index contributed by atoms with van der Waals surface area (Å²) in [6.45, 7) is 5.61. The van der Waals surface area contributed by atoms with Crippen LogP contribution in [0.5, 0.6) is 0 Å². The zero-order chi connectivity index (χ0) is 12.2. The Hall–Kier alpha value is -0.170. The smallest absolute Gasteiger partial charge is 0.279 e. The van der Waals surface area contributed by atoms with Gasteiger partial charge in [0.2, 0.25) is 0 Å². The maximum atomic E-state index is 11.9. The lowest BCUT2D eigenvalue weighted by molar-refractivity contribution is 0.391. The van der Waals surface area contributed by atoms with Gasteiger partial charge in [-0.1, -0.05) is 0 Å². The number of hydrogen-bond donors (Lipinski definition) is 2. The van der Waals surface area contributed by atoms with Crippen LogP contribution in [0.4, 0.5) is 0 Å². The Kier molecular flexibility index (Phi) is 5.17. The van der Waals surface area contributed by atoms with Gasteiger partial charge in [-0.2, -0.15) is 17.4 Å². The maximum absolute atomic E-state index is 11.9. The molecule has 1 fully saturated rings. The van der Waals surface area contributed by atoms with E-state index in [1.54, 1.807) is 7.05 Å². The van der Waals surface area contributed by atoms with Crippen molar-refractivity contribution in [3.63, 3.8) is 0 Å². The molecule has 16 heavy (non-hydrogen) atoms. The van der Waals surface area contributed by atoms with Crippen LogP contribution in [0.25, 0.3) is 0 Å². The summed E-state index contributed by atoms with van der Waals surface area (Å²) in [5.74, 6) is 0. The number of nitrogens with one attached hydrogen (secondary N) is 2. The fraction of sp³-hybridized carbons (Fsp3) is 1.00. The Morgan fingerprint density at radius 2 is 2.00 bits per heavy atom. The van der Waals surface area contributed by atoms with Gasteiger partial charge in [0.05, 0.1) is 0 Å². The molecule has 0 amide bonds. The third-order valence-electron chi connectivity index (χ3n) is 3.00. The minimum atomic E-state index is -3.32. The van der Waals surface area contributed by atoms with Crippen molar-refractivity contribution in [1.82, 2.24) is 14.3 Å². The molecule has 0 aliphatic carbocycles. The predicted molar refractivity (Wildman–Crippen MR) is 65.5 cm³/mol. The van der Waals surface area contributed by atoms with Gasteiger partial charge >= 0.3 is 0 Å². The van der Waals surface area contributed by atoms with Gasteiger partial charge in [0, 0.05) is 19.1 Å². The summed E-state index contributed by atoms with van der Waals surface area (Å²) in [6.07, 6.45) is 2.81. The van der Waals surface area contributed by atoms with Crippen molar-refractivity contribution in [2.45, 2.75) is 45.2 Å². The third kappa shape index (κ3) is 4.01. The van der Waals surface area contributed by atoms with E-state index in [0.29, 0.717) is 0 Å². The quantitative estimate of drug-likeness (QED) is 0.753. The summed E-state index contributed by atoms with van der Waals surface area (Å²) >= 11 is 0. The largest absolute Gasteiger partial charge is 0.317 e. The van der Waals surface area contributed by atoms with Gasteiger partial charge in [-0.05, 0) is 46.2 Å². The lowest BCUT2D eigenvalue weighted by Gasteiger charge is -2.24. The molecule has 1 atom stereocenters. The molecule has 1 aliphatic heterocycles. The van der Waals surface area contributed by atoms with Crippen molar-refractivity contribution in [3.05, 3.63) is 0 Å². The van der Waals surface area contributed by atoms with Crippen molar-refractivity contribution in [3.8, 4) is 0 Å². The fourth-order valence-corrected chi connectivity index (χ4v) is 3.09. The third-order valence-corrected chi connectivity index (χ3v) is 4.81. The predicted octanol–water partition coefficient (Wildman–Crippen LogP) is 0.303. The summed E-state index contributed by atoms with van der Waals surface area (Å²) < 4.78 is 28.0. The first kappa shape index (κ1) is 13.9. The van der Waals surface area contributed by atoms with Crippen LogP contribution in [0, 0.1) is 0 Å². The normalized spacial score (nSPS) is 23.7. The molecule has 1 rings (SSSR count). The van der Waals surface area contributed by atoms with Gasteiger partial charge in [0.1, 0.15) is 0 Å². The van der Waals surface area contributed by atoms with Crippen LogP contribution in [0.1, 0.15) is 33.1 Å². The number of nitrogens with zero attached hydrogens (tertiary/aromatic N) is 1. The molecule has 0 aromatic heterocycles. The number of hydrogen-bond acceptors (Lipinski definition) is 3. The zero-order valence-corrected chi connectivity index (χ0v) is 11.2. The summed E-state index contributed by atoms with van der Waals surface area (Å²) in [5, 5.41) is 3.27. The Bertz CT molecular complexity index is 295. The van der Waals surface area contributed by atoms with E-state index in [1.165, 1.54) is 4.31 Å². The Morgan fingerprint density at radius 1 is 1.31 bits per heavy atom. The van der Waals surface area contributed by atoms with Crippen LogP contribution in [-0.4, -0.2) is 44.9 Å². The van der Waals surface area contributed by atoms with E-state index in [1.807, 2.05) is 13.8 Å². The topological polar surface area (TPSA) is 61.4 Å². The lowest BCUT2D eigenvalue weighted by Crippen LogP contribution is -2.46. The molecule has 1 aliphatic rings. The molecular weight excluding hydrogens is 226 g/mol. The minimum Gasteiger partial charge on any atom is -0.317 e. The van der Waals surface area contributed by atoms with Crippen molar-refractivity contribution < 1.29 is 8.42 Å². The van der Waals surface area contributed by atoms with Crippen molar-refractivity contribution in [2.24, 2.45) is 0 Å². The highest BCUT2D eigenvalue weighted by molar-refractivity contribution is 7.87. The highest BCUT2D eigenvalue weighted by Crippen LogP contribution is 2.09. The molecule has 1 unspecified atom stereocenters. The van der Waals surface area contributed by atoms with Gasteiger partial charge in [0.25, 0.3) is 10.2 Å². The standard InChI is InChI=1S/C10H23N3O2S/c1-9(2)13(3)16(14,15)12-10-5-4-7-11-8-6-10/h9-12H,4-8H2,1-3H3. The second kappa shape index (κ2) is 5.95. The van der Waals surface area contributed by atoms with E-state index < -0.39 is 10.2 Å². The maximum Gasteiger partial charge on any atom is 0.279 e. The molecule has 0 aromatic carbocycles. The molecule has 0 aromatic rings. The highest BCUT2D eigenvalue weighted by atomic mass is 32.2. The summed E-state index contributed by atoms with van der Waals surface area (Å²) in [6, 6.07) is 0.0580. The molecule has 96 valence electrons. The van der Waals surface area contributed by atoms with Crippen molar-refractivity contribution in [1.29, 1.82) is 0 Å². The minimum absolute atomic E-state index is 0.0126. The second-order valence-corrected chi connectivity index (χ2v) is 6.37. The first-order valence-electron chi connectivity index (χ1n) is 5.89. The van der Waals surface area contributed by atoms with E-state index in [9.17, 15) is 8.42 Å². The second-order valence-electron chi connectivity index (χ2n) is 4.61. The average molecular weight is 249 g/mol. The Balaban J connectivity index is 2.57. The molecular formula is C10H23N3O2S.